The first-order valence-electron chi connectivity index (χ1n) is 10.7. The van der Waals surface area contributed by atoms with E-state index in [4.69, 9.17) is 5.73 Å². The van der Waals surface area contributed by atoms with E-state index in [2.05, 4.69) is 25.9 Å². The average molecular weight is 573 g/mol. The highest BCUT2D eigenvalue weighted by Gasteiger charge is 2.54. The maximum Gasteiger partial charge on any atom is 0.471 e. The maximum atomic E-state index is 12.9. The van der Waals surface area contributed by atoms with Crippen molar-refractivity contribution in [3.05, 3.63) is 41.1 Å². The molecule has 0 aliphatic carbocycles. The number of thioether (sulfide) groups is 2. The monoisotopic (exact) mass is 572 g/mol. The smallest absolute Gasteiger partial charge is 0.471 e. The van der Waals surface area contributed by atoms with Gasteiger partial charge in [-0.2, -0.15) is 13.2 Å². The number of β-lactam (4-membered cyclic amide) rings is 1. The van der Waals surface area contributed by atoms with Crippen LogP contribution >= 0.6 is 23.5 Å². The van der Waals surface area contributed by atoms with E-state index in [-0.39, 0.29) is 28.0 Å². The number of carboxylic acid groups (broad SMARTS) is 1. The van der Waals surface area contributed by atoms with Gasteiger partial charge in [-0.15, -0.1) is 16.9 Å². The van der Waals surface area contributed by atoms with Crippen molar-refractivity contribution in [2.75, 3.05) is 11.1 Å². The van der Waals surface area contributed by atoms with Crippen molar-refractivity contribution >= 4 is 52.9 Å². The minimum Gasteiger partial charge on any atom is -0.477 e. The third-order valence-corrected chi connectivity index (χ3v) is 7.98. The van der Waals surface area contributed by atoms with Crippen LogP contribution in [-0.4, -0.2) is 82.9 Å². The molecule has 1 aromatic heterocycles. The number of rotatable bonds is 8. The van der Waals surface area contributed by atoms with Crippen molar-refractivity contribution in [2.45, 2.75) is 41.0 Å². The maximum absolute atomic E-state index is 12.9. The first kappa shape index (κ1) is 27.4. The number of benzene rings is 1. The predicted molar refractivity (Wildman–Crippen MR) is 127 cm³/mol. The first-order valence-corrected chi connectivity index (χ1v) is 12.7. The van der Waals surface area contributed by atoms with E-state index in [1.807, 2.05) is 0 Å². The fraction of sp³-hybridized carbons (Fsp3) is 0.350. The number of carboxylic acids is 1. The van der Waals surface area contributed by atoms with Gasteiger partial charge in [-0.25, -0.2) is 9.89 Å². The SMILES string of the molecule is CC(Sc1nnn[nH]1)C1=C(C(=O)O)N2C(=O)C(NC(=O)C(N)c3cccc(NC(=O)C(F)(F)F)c3)[C@@H]2SC1. The largest absolute Gasteiger partial charge is 0.477 e. The number of nitrogens with two attached hydrogens (primary N) is 1. The molecule has 2 aromatic rings. The molecule has 0 bridgehead atoms. The highest BCUT2D eigenvalue weighted by atomic mass is 32.2. The second kappa shape index (κ2) is 10.6. The van der Waals surface area contributed by atoms with Gasteiger partial charge in [0.05, 0.1) is 0 Å². The molecule has 0 spiro atoms. The summed E-state index contributed by atoms with van der Waals surface area (Å²) in [6.45, 7) is 1.75. The highest BCUT2D eigenvalue weighted by molar-refractivity contribution is 8.01. The zero-order valence-electron chi connectivity index (χ0n) is 19.2. The summed E-state index contributed by atoms with van der Waals surface area (Å²) in [4.78, 5) is 50.1. The number of hydrogen-bond donors (Lipinski definition) is 5. The van der Waals surface area contributed by atoms with Gasteiger partial charge in [0, 0.05) is 16.7 Å². The second-order valence-electron chi connectivity index (χ2n) is 8.10. The Labute approximate surface area is 220 Å². The molecule has 3 amide bonds. The van der Waals surface area contributed by atoms with Crippen molar-refractivity contribution in [1.82, 2.24) is 30.8 Å². The van der Waals surface area contributed by atoms with Crippen LogP contribution in [0, 0.1) is 0 Å². The van der Waals surface area contributed by atoms with Crippen LogP contribution in [0.2, 0.25) is 0 Å². The summed E-state index contributed by atoms with van der Waals surface area (Å²) in [5, 5.41) is 26.6. The van der Waals surface area contributed by atoms with Gasteiger partial charge in [-0.1, -0.05) is 23.9 Å². The van der Waals surface area contributed by atoms with E-state index in [0.29, 0.717) is 10.7 Å². The van der Waals surface area contributed by atoms with E-state index in [0.717, 1.165) is 11.0 Å². The summed E-state index contributed by atoms with van der Waals surface area (Å²) in [6, 6.07) is 2.53. The molecule has 2 aliphatic heterocycles. The zero-order chi connectivity index (χ0) is 27.8. The second-order valence-corrected chi connectivity index (χ2v) is 10.5. The fourth-order valence-corrected chi connectivity index (χ4v) is 6.23. The van der Waals surface area contributed by atoms with Gasteiger partial charge in [0.25, 0.3) is 5.91 Å². The Balaban J connectivity index is 1.45. The van der Waals surface area contributed by atoms with Crippen LogP contribution in [0.3, 0.4) is 0 Å². The van der Waals surface area contributed by atoms with Crippen molar-refractivity contribution in [3.8, 4) is 0 Å². The lowest BCUT2D eigenvalue weighted by molar-refractivity contribution is -0.167. The van der Waals surface area contributed by atoms with E-state index >= 15 is 0 Å². The molecule has 1 fully saturated rings. The molecule has 3 unspecified atom stereocenters. The topological polar surface area (TPSA) is 196 Å². The number of halogens is 3. The molecule has 6 N–H and O–H groups in total. The van der Waals surface area contributed by atoms with Gasteiger partial charge in [0.15, 0.2) is 0 Å². The Morgan fingerprint density at radius 1 is 1.34 bits per heavy atom. The number of aromatic amines is 1. The normalized spacial score (nSPS) is 20.8. The lowest BCUT2D eigenvalue weighted by Gasteiger charge is -2.50. The third-order valence-electron chi connectivity index (χ3n) is 5.65. The lowest BCUT2D eigenvalue weighted by Crippen LogP contribution is -2.71. The van der Waals surface area contributed by atoms with Crippen LogP contribution in [0.5, 0.6) is 0 Å². The van der Waals surface area contributed by atoms with Crippen molar-refractivity contribution in [3.63, 3.8) is 0 Å². The molecule has 3 heterocycles. The molecule has 0 radical (unpaired) electrons. The Morgan fingerprint density at radius 3 is 2.71 bits per heavy atom. The zero-order valence-corrected chi connectivity index (χ0v) is 20.9. The van der Waals surface area contributed by atoms with Crippen LogP contribution in [0.1, 0.15) is 18.5 Å². The third kappa shape index (κ3) is 5.46. The molecule has 1 saturated heterocycles. The van der Waals surface area contributed by atoms with Gasteiger partial charge >= 0.3 is 18.1 Å². The molecule has 4 atom stereocenters. The summed E-state index contributed by atoms with van der Waals surface area (Å²) in [5.41, 5.74) is 6.12. The number of alkyl halides is 3. The molecule has 2 aliphatic rings. The number of nitrogens with zero attached hydrogens (tertiary/aromatic N) is 4. The molecule has 1 aromatic carbocycles. The van der Waals surface area contributed by atoms with Crippen LogP contribution in [0.25, 0.3) is 0 Å². The molecular formula is C20H19F3N8O5S2. The number of aliphatic carboxylic acids is 1. The summed E-state index contributed by atoms with van der Waals surface area (Å²) < 4.78 is 37.6. The van der Waals surface area contributed by atoms with Crippen molar-refractivity contribution in [2.24, 2.45) is 5.73 Å². The van der Waals surface area contributed by atoms with E-state index in [1.54, 1.807) is 12.2 Å². The van der Waals surface area contributed by atoms with Crippen LogP contribution in [-0.2, 0) is 19.2 Å². The minimum atomic E-state index is -5.10. The highest BCUT2D eigenvalue weighted by Crippen LogP contribution is 2.43. The predicted octanol–water partition coefficient (Wildman–Crippen LogP) is 0.620. The fourth-order valence-electron chi connectivity index (χ4n) is 3.80. The lowest BCUT2D eigenvalue weighted by atomic mass is 10.00. The number of carbonyl (C=O) groups excluding carboxylic acids is 3. The quantitative estimate of drug-likeness (QED) is 0.220. The van der Waals surface area contributed by atoms with Gasteiger partial charge in [0.1, 0.15) is 23.2 Å². The number of hydrogen-bond acceptors (Lipinski definition) is 10. The number of H-pyrrole nitrogens is 1. The van der Waals surface area contributed by atoms with Crippen LogP contribution in [0.4, 0.5) is 18.9 Å². The summed E-state index contributed by atoms with van der Waals surface area (Å²) >= 11 is 2.44. The number of aromatic nitrogens is 4. The Morgan fingerprint density at radius 2 is 2.08 bits per heavy atom. The number of nitrogens with one attached hydrogen (secondary N) is 3. The number of anilines is 1. The molecule has 4 rings (SSSR count). The Hall–Kier alpha value is -3.64. The molecule has 13 nitrogen and oxygen atoms in total. The number of tetrazole rings is 1. The van der Waals surface area contributed by atoms with Gasteiger partial charge in [-0.05, 0) is 40.6 Å². The van der Waals surface area contributed by atoms with Crippen LogP contribution in [0.15, 0.2) is 40.7 Å². The molecule has 202 valence electrons. The van der Waals surface area contributed by atoms with Gasteiger partial charge < -0.3 is 21.5 Å². The standard InChI is InChI=1S/C20H19F3N8O5S2/c1-7(38-19-27-29-30-28-19)10-6-37-16-12(15(33)31(16)13(10)17(34)35)26-14(32)11(24)8-3-2-4-9(5-8)25-18(36)20(21,22)23/h2-5,7,11-12,16H,6,24H2,1H3,(H,25,36)(H,26,32)(H,34,35)(H,27,28,29,30)/t7?,11?,12?,16-/m0/s1. The molecule has 38 heavy (non-hydrogen) atoms. The van der Waals surface area contributed by atoms with Crippen LogP contribution < -0.4 is 16.4 Å². The number of carbonyl (C=O) groups is 4. The summed E-state index contributed by atoms with van der Waals surface area (Å²) in [5.74, 6) is -4.70. The van der Waals surface area contributed by atoms with Gasteiger partial charge in [-0.3, -0.25) is 19.3 Å². The Kier molecular flexibility index (Phi) is 7.65. The number of fused-ring (bicyclic) bond motifs is 1. The summed E-state index contributed by atoms with van der Waals surface area (Å²) in [6.07, 6.45) is -5.10. The summed E-state index contributed by atoms with van der Waals surface area (Å²) in [7, 11) is 0. The minimum absolute atomic E-state index is 0.0866. The van der Waals surface area contributed by atoms with Crippen molar-refractivity contribution < 1.29 is 37.5 Å². The molecule has 18 heteroatoms. The Bertz CT molecular complexity index is 1310. The first-order chi connectivity index (χ1) is 17.9. The number of amides is 3. The average Bonchev–Trinajstić information content (AvgIpc) is 3.38. The van der Waals surface area contributed by atoms with E-state index in [9.17, 15) is 37.5 Å². The van der Waals surface area contributed by atoms with E-state index < -0.39 is 47.3 Å². The molecular weight excluding hydrogens is 553 g/mol. The van der Waals surface area contributed by atoms with Gasteiger partial charge in [0.2, 0.25) is 11.1 Å². The molecule has 0 saturated carbocycles. The van der Waals surface area contributed by atoms with Crippen molar-refractivity contribution in [1.29, 1.82) is 0 Å². The van der Waals surface area contributed by atoms with E-state index in [1.165, 1.54) is 41.7 Å².